The number of ether oxygens (including phenoxy) is 2. The first kappa shape index (κ1) is 20.8. The minimum atomic E-state index is -0.301. The molecule has 1 saturated heterocycles. The van der Waals surface area contributed by atoms with Gasteiger partial charge >= 0.3 is 6.09 Å². The molecule has 3 fully saturated rings. The van der Waals surface area contributed by atoms with E-state index in [0.717, 1.165) is 38.5 Å². The van der Waals surface area contributed by atoms with Crippen LogP contribution in [0.25, 0.3) is 0 Å². The molecule has 2 aliphatic carbocycles. The van der Waals surface area contributed by atoms with Gasteiger partial charge in [0.2, 0.25) is 11.8 Å². The third-order valence-corrected chi connectivity index (χ3v) is 6.17. The molecule has 0 spiro atoms. The van der Waals surface area contributed by atoms with E-state index in [2.05, 4.69) is 31.5 Å². The van der Waals surface area contributed by atoms with Crippen LogP contribution in [-0.4, -0.2) is 52.9 Å². The van der Waals surface area contributed by atoms with Gasteiger partial charge in [0.05, 0.1) is 37.8 Å². The number of hydrazine groups is 1. The molecule has 2 amide bonds. The monoisotopic (exact) mass is 418 g/mol. The SMILES string of the molecule is COc1cnc(CC(=O)NC2CC([C@H]3CC[C@@H](OC(=O)NC4(C)CC4)C3)NN2)cn1. The van der Waals surface area contributed by atoms with Crippen LogP contribution in [0, 0.1) is 5.92 Å². The zero-order valence-electron chi connectivity index (χ0n) is 17.4. The molecule has 2 saturated carbocycles. The maximum atomic E-state index is 12.3. The summed E-state index contributed by atoms with van der Waals surface area (Å²) in [7, 11) is 1.52. The summed E-state index contributed by atoms with van der Waals surface area (Å²) >= 11 is 0. The molecular formula is C20H30N6O4. The molecular weight excluding hydrogens is 388 g/mol. The minimum Gasteiger partial charge on any atom is -0.480 e. The maximum absolute atomic E-state index is 12.3. The van der Waals surface area contributed by atoms with Gasteiger partial charge in [0, 0.05) is 11.6 Å². The van der Waals surface area contributed by atoms with E-state index in [1.807, 2.05) is 6.92 Å². The summed E-state index contributed by atoms with van der Waals surface area (Å²) < 4.78 is 10.6. The first-order valence-electron chi connectivity index (χ1n) is 10.6. The standard InChI is InChI=1S/C20H30N6O4/c1-20(5-6-20)24-19(28)30-14-4-3-12(7-14)15-9-16(26-25-15)23-17(27)8-13-10-22-18(29-2)11-21-13/h10-12,14-16,25-26H,3-9H2,1-2H3,(H,23,27)(H,24,28)/t12-,14+,15?,16?/m0/s1. The highest BCUT2D eigenvalue weighted by molar-refractivity contribution is 5.78. The lowest BCUT2D eigenvalue weighted by Crippen LogP contribution is -2.45. The molecule has 4 atom stereocenters. The second-order valence-electron chi connectivity index (χ2n) is 8.76. The lowest BCUT2D eigenvalue weighted by Gasteiger charge is -2.19. The van der Waals surface area contributed by atoms with Crippen molar-refractivity contribution in [2.45, 2.75) is 75.7 Å². The molecule has 4 rings (SSSR count). The van der Waals surface area contributed by atoms with Crippen molar-refractivity contribution >= 4 is 12.0 Å². The first-order chi connectivity index (χ1) is 14.4. The van der Waals surface area contributed by atoms with Crippen LogP contribution >= 0.6 is 0 Å². The summed E-state index contributed by atoms with van der Waals surface area (Å²) in [5, 5.41) is 5.92. The van der Waals surface area contributed by atoms with Crippen molar-refractivity contribution in [1.82, 2.24) is 31.5 Å². The van der Waals surface area contributed by atoms with E-state index < -0.39 is 0 Å². The Morgan fingerprint density at radius 3 is 2.73 bits per heavy atom. The number of hydrogen-bond donors (Lipinski definition) is 4. The number of carbonyl (C=O) groups excluding carboxylic acids is 2. The number of rotatable bonds is 7. The Hall–Kier alpha value is -2.46. The summed E-state index contributed by atoms with van der Waals surface area (Å²) in [6.07, 6.45) is 8.24. The lowest BCUT2D eigenvalue weighted by atomic mass is 9.96. The van der Waals surface area contributed by atoms with Crippen molar-refractivity contribution in [2.75, 3.05) is 7.11 Å². The Bertz CT molecular complexity index is 769. The Kier molecular flexibility index (Phi) is 6.05. The topological polar surface area (TPSA) is 127 Å². The molecule has 1 aromatic rings. The Morgan fingerprint density at radius 1 is 1.20 bits per heavy atom. The molecule has 30 heavy (non-hydrogen) atoms. The number of hydrogen-bond acceptors (Lipinski definition) is 8. The van der Waals surface area contributed by atoms with Crippen molar-refractivity contribution in [2.24, 2.45) is 5.92 Å². The van der Waals surface area contributed by atoms with E-state index in [1.54, 1.807) is 6.20 Å². The zero-order valence-corrected chi connectivity index (χ0v) is 17.4. The van der Waals surface area contributed by atoms with E-state index in [0.29, 0.717) is 17.5 Å². The van der Waals surface area contributed by atoms with Gasteiger partial charge in [-0.25, -0.2) is 15.2 Å². The predicted molar refractivity (Wildman–Crippen MR) is 107 cm³/mol. The minimum absolute atomic E-state index is 0.0403. The van der Waals surface area contributed by atoms with Crippen molar-refractivity contribution in [1.29, 1.82) is 0 Å². The Morgan fingerprint density at radius 2 is 2.03 bits per heavy atom. The summed E-state index contributed by atoms with van der Waals surface area (Å²) in [6, 6.07) is 0.230. The second kappa shape index (κ2) is 8.73. The molecule has 0 bridgehead atoms. The van der Waals surface area contributed by atoms with Crippen molar-refractivity contribution < 1.29 is 19.1 Å². The smallest absolute Gasteiger partial charge is 0.407 e. The molecule has 0 aromatic carbocycles. The Labute approximate surface area is 175 Å². The van der Waals surface area contributed by atoms with Crippen molar-refractivity contribution in [3.8, 4) is 5.88 Å². The lowest BCUT2D eigenvalue weighted by molar-refractivity contribution is -0.121. The average molecular weight is 418 g/mol. The number of amides is 2. The molecule has 2 unspecified atom stereocenters. The molecule has 0 radical (unpaired) electrons. The summed E-state index contributed by atoms with van der Waals surface area (Å²) in [5.74, 6) is 0.704. The number of alkyl carbamates (subject to hydrolysis) is 1. The van der Waals surface area contributed by atoms with Crippen molar-refractivity contribution in [3.05, 3.63) is 18.1 Å². The van der Waals surface area contributed by atoms with E-state index in [9.17, 15) is 9.59 Å². The third-order valence-electron chi connectivity index (χ3n) is 6.17. The van der Waals surface area contributed by atoms with Crippen LogP contribution in [0.5, 0.6) is 5.88 Å². The van der Waals surface area contributed by atoms with Gasteiger partial charge in [0.15, 0.2) is 0 Å². The molecule has 1 aliphatic heterocycles. The van der Waals surface area contributed by atoms with Crippen LogP contribution < -0.4 is 26.2 Å². The fourth-order valence-corrected chi connectivity index (χ4v) is 4.12. The average Bonchev–Trinajstić information content (AvgIpc) is 3.09. The van der Waals surface area contributed by atoms with E-state index in [-0.39, 0.29) is 42.3 Å². The fraction of sp³-hybridized carbons (Fsp3) is 0.700. The fourth-order valence-electron chi connectivity index (χ4n) is 4.12. The van der Waals surface area contributed by atoms with Crippen LogP contribution in [-0.2, 0) is 16.0 Å². The number of nitrogens with zero attached hydrogens (tertiary/aromatic N) is 2. The molecule has 1 aromatic heterocycles. The summed E-state index contributed by atoms with van der Waals surface area (Å²) in [5.41, 5.74) is 6.97. The summed E-state index contributed by atoms with van der Waals surface area (Å²) in [6.45, 7) is 2.04. The highest BCUT2D eigenvalue weighted by atomic mass is 16.6. The molecule has 164 valence electrons. The highest BCUT2D eigenvalue weighted by Crippen LogP contribution is 2.36. The molecule has 10 nitrogen and oxygen atoms in total. The molecule has 3 aliphatic rings. The number of aromatic nitrogens is 2. The predicted octanol–water partition coefficient (Wildman–Crippen LogP) is 0.784. The van der Waals surface area contributed by atoms with E-state index in [1.165, 1.54) is 13.3 Å². The first-order valence-corrected chi connectivity index (χ1v) is 10.6. The van der Waals surface area contributed by atoms with Gasteiger partial charge in [-0.1, -0.05) is 0 Å². The van der Waals surface area contributed by atoms with E-state index in [4.69, 9.17) is 9.47 Å². The van der Waals surface area contributed by atoms with Gasteiger partial charge in [0.25, 0.3) is 0 Å². The van der Waals surface area contributed by atoms with Gasteiger partial charge in [-0.15, -0.1) is 0 Å². The van der Waals surface area contributed by atoms with Gasteiger partial charge in [-0.3, -0.25) is 15.2 Å². The van der Waals surface area contributed by atoms with Crippen molar-refractivity contribution in [3.63, 3.8) is 0 Å². The zero-order chi connectivity index (χ0) is 21.1. The number of carbonyl (C=O) groups is 2. The number of nitrogens with one attached hydrogen (secondary N) is 4. The van der Waals surface area contributed by atoms with Crippen LogP contribution in [0.2, 0.25) is 0 Å². The van der Waals surface area contributed by atoms with Gasteiger partial charge < -0.3 is 20.1 Å². The third kappa shape index (κ3) is 5.37. The van der Waals surface area contributed by atoms with Crippen LogP contribution in [0.15, 0.2) is 12.4 Å². The largest absolute Gasteiger partial charge is 0.480 e. The Balaban J connectivity index is 1.18. The maximum Gasteiger partial charge on any atom is 0.407 e. The summed E-state index contributed by atoms with van der Waals surface area (Å²) in [4.78, 5) is 32.6. The van der Waals surface area contributed by atoms with E-state index >= 15 is 0 Å². The quantitative estimate of drug-likeness (QED) is 0.512. The van der Waals surface area contributed by atoms with Gasteiger partial charge in [0.1, 0.15) is 6.10 Å². The van der Waals surface area contributed by atoms with Gasteiger partial charge in [-0.2, -0.15) is 0 Å². The normalized spacial score (nSPS) is 29.3. The molecule has 10 heteroatoms. The van der Waals surface area contributed by atoms with Crippen LogP contribution in [0.1, 0.15) is 51.1 Å². The van der Waals surface area contributed by atoms with Gasteiger partial charge in [-0.05, 0) is 51.4 Å². The van der Waals surface area contributed by atoms with Crippen LogP contribution in [0.3, 0.4) is 0 Å². The highest BCUT2D eigenvalue weighted by Gasteiger charge is 2.41. The molecule has 4 N–H and O–H groups in total. The second-order valence-corrected chi connectivity index (χ2v) is 8.76. The molecule has 2 heterocycles. The van der Waals surface area contributed by atoms with Crippen LogP contribution in [0.4, 0.5) is 4.79 Å². The number of methoxy groups -OCH3 is 1.